The van der Waals surface area contributed by atoms with Crippen molar-refractivity contribution in [2.24, 2.45) is 28.6 Å². The van der Waals surface area contributed by atoms with Crippen LogP contribution in [0.25, 0.3) is 0 Å². The number of aliphatic hydroxyl groups excluding tert-OH is 1. The summed E-state index contributed by atoms with van der Waals surface area (Å²) in [5, 5.41) is 10.1. The Balaban J connectivity index is 1.72. The van der Waals surface area contributed by atoms with Gasteiger partial charge in [0.2, 0.25) is 0 Å². The van der Waals surface area contributed by atoms with Crippen molar-refractivity contribution in [1.29, 1.82) is 0 Å². The van der Waals surface area contributed by atoms with Crippen LogP contribution in [0.2, 0.25) is 0 Å². The Bertz CT molecular complexity index is 711. The van der Waals surface area contributed by atoms with Crippen LogP contribution in [0.5, 0.6) is 0 Å². The highest BCUT2D eigenvalue weighted by molar-refractivity contribution is 5.90. The van der Waals surface area contributed by atoms with Crippen LogP contribution in [-0.2, 0) is 16.0 Å². The molecule has 26 heavy (non-hydrogen) atoms. The van der Waals surface area contributed by atoms with E-state index >= 15 is 0 Å². The van der Waals surface area contributed by atoms with Gasteiger partial charge in [-0.15, -0.1) is 0 Å². The molecule has 3 saturated carbocycles. The number of methoxy groups -OCH3 is 1. The van der Waals surface area contributed by atoms with Gasteiger partial charge in [0.05, 0.1) is 11.5 Å². The molecule has 3 nitrogen and oxygen atoms in total. The number of aryl methyl sites for hydroxylation is 1. The summed E-state index contributed by atoms with van der Waals surface area (Å²) >= 11 is 0. The number of aliphatic hydroxyl groups is 1. The fraction of sp³-hybridized carbons (Fsp3) is 0.609. The second kappa shape index (κ2) is 6.31. The minimum atomic E-state index is -0.510. The molecule has 0 spiro atoms. The third kappa shape index (κ3) is 2.05. The quantitative estimate of drug-likeness (QED) is 0.790. The molecular weight excluding hydrogens is 324 g/mol. The van der Waals surface area contributed by atoms with Gasteiger partial charge in [-0.1, -0.05) is 55.8 Å². The van der Waals surface area contributed by atoms with E-state index in [2.05, 4.69) is 25.6 Å². The van der Waals surface area contributed by atoms with E-state index in [0.717, 1.165) is 31.3 Å². The van der Waals surface area contributed by atoms with Crippen LogP contribution in [0.3, 0.4) is 0 Å². The van der Waals surface area contributed by atoms with Gasteiger partial charge in [0, 0.05) is 31.5 Å². The zero-order chi connectivity index (χ0) is 18.5. The number of rotatable bonds is 6. The van der Waals surface area contributed by atoms with Gasteiger partial charge >= 0.3 is 0 Å². The van der Waals surface area contributed by atoms with E-state index in [9.17, 15) is 9.90 Å². The van der Waals surface area contributed by atoms with Crippen molar-refractivity contribution < 1.29 is 14.6 Å². The number of fused-ring (bicyclic) bond motifs is 1. The molecule has 0 aliphatic heterocycles. The maximum atomic E-state index is 13.8. The first-order valence-corrected chi connectivity index (χ1v) is 9.92. The Morgan fingerprint density at radius 1 is 1.35 bits per heavy atom. The van der Waals surface area contributed by atoms with Crippen LogP contribution in [0, 0.1) is 28.6 Å². The van der Waals surface area contributed by atoms with E-state index in [4.69, 9.17) is 4.74 Å². The van der Waals surface area contributed by atoms with Gasteiger partial charge in [-0.25, -0.2) is 0 Å². The standard InChI is InChI=1S/C23H30O3/c1-15-20-17(14-24)18-10-7-13-22(15,2)23(18,21(20)26-3)19(25)12-11-16-8-5-4-6-9-16/h4-6,8-9,17-18,20-21,24H,1,7,10-14H2,2-3H3/t17-,18-,20-,21+,22-,23-/m0/s1. The molecule has 1 aromatic rings. The first kappa shape index (κ1) is 17.9. The summed E-state index contributed by atoms with van der Waals surface area (Å²) in [4.78, 5) is 13.8. The Labute approximate surface area is 156 Å². The number of carbonyl (C=O) groups excluding carboxylic acids is 1. The molecule has 4 rings (SSSR count). The first-order valence-electron chi connectivity index (χ1n) is 9.92. The summed E-state index contributed by atoms with van der Waals surface area (Å²) in [5.41, 5.74) is 1.64. The zero-order valence-electron chi connectivity index (χ0n) is 15.9. The predicted molar refractivity (Wildman–Crippen MR) is 102 cm³/mol. The highest BCUT2D eigenvalue weighted by Gasteiger charge is 2.78. The van der Waals surface area contributed by atoms with E-state index in [-0.39, 0.29) is 35.9 Å². The van der Waals surface area contributed by atoms with Crippen LogP contribution in [-0.4, -0.2) is 30.7 Å². The second-order valence-electron chi connectivity index (χ2n) is 8.66. The number of Topliss-reactive ketones (excluding diaryl/α,β-unsaturated/α-hetero) is 1. The van der Waals surface area contributed by atoms with Gasteiger partial charge < -0.3 is 9.84 Å². The number of hydrogen-bond donors (Lipinski definition) is 1. The molecular formula is C23H30O3. The van der Waals surface area contributed by atoms with Crippen molar-refractivity contribution in [3.05, 3.63) is 48.0 Å². The van der Waals surface area contributed by atoms with E-state index < -0.39 is 5.41 Å². The lowest BCUT2D eigenvalue weighted by Crippen LogP contribution is -2.56. The summed E-state index contributed by atoms with van der Waals surface area (Å²) in [6.07, 6.45) is 4.30. The molecule has 0 radical (unpaired) electrons. The van der Waals surface area contributed by atoms with Crippen molar-refractivity contribution in [2.45, 2.75) is 45.1 Å². The fourth-order valence-electron chi connectivity index (χ4n) is 6.95. The summed E-state index contributed by atoms with van der Waals surface area (Å²) in [5.74, 6) is 0.762. The molecule has 3 heteroatoms. The van der Waals surface area contributed by atoms with Gasteiger partial charge in [0.25, 0.3) is 0 Å². The van der Waals surface area contributed by atoms with Crippen molar-refractivity contribution >= 4 is 5.78 Å². The average Bonchev–Trinajstić information content (AvgIpc) is 3.07. The Hall–Kier alpha value is -1.45. The summed E-state index contributed by atoms with van der Waals surface area (Å²) in [6, 6.07) is 10.2. The van der Waals surface area contributed by atoms with Crippen molar-refractivity contribution in [2.75, 3.05) is 13.7 Å². The normalized spacial score (nSPS) is 40.8. The minimum absolute atomic E-state index is 0.112. The van der Waals surface area contributed by atoms with E-state index in [1.807, 2.05) is 18.2 Å². The van der Waals surface area contributed by atoms with Crippen LogP contribution in [0.15, 0.2) is 42.5 Å². The summed E-state index contributed by atoms with van der Waals surface area (Å²) in [6.45, 7) is 6.79. The van der Waals surface area contributed by atoms with Crippen LogP contribution in [0.4, 0.5) is 0 Å². The SMILES string of the molecule is C=C1[C@H]2[C@@H](CO)[C@@H]3CCC[C@]1(C)[C@@]3(C(=O)CCc1ccccc1)[C@@H]2OC. The maximum Gasteiger partial charge on any atom is 0.143 e. The van der Waals surface area contributed by atoms with Gasteiger partial charge in [0.1, 0.15) is 5.78 Å². The van der Waals surface area contributed by atoms with Gasteiger partial charge in [0.15, 0.2) is 0 Å². The number of hydrogen-bond acceptors (Lipinski definition) is 3. The molecule has 6 atom stereocenters. The highest BCUT2D eigenvalue weighted by Crippen LogP contribution is 2.76. The molecule has 1 aromatic carbocycles. The molecule has 2 bridgehead atoms. The lowest BCUT2D eigenvalue weighted by molar-refractivity contribution is -0.154. The largest absolute Gasteiger partial charge is 0.396 e. The van der Waals surface area contributed by atoms with E-state index in [1.54, 1.807) is 7.11 Å². The second-order valence-corrected chi connectivity index (χ2v) is 8.66. The number of carbonyl (C=O) groups is 1. The molecule has 0 amide bonds. The van der Waals surface area contributed by atoms with E-state index in [0.29, 0.717) is 12.2 Å². The molecule has 0 saturated heterocycles. The molecule has 0 heterocycles. The first-order chi connectivity index (χ1) is 12.5. The van der Waals surface area contributed by atoms with E-state index in [1.165, 1.54) is 5.56 Å². The lowest BCUT2D eigenvalue weighted by atomic mass is 9.47. The van der Waals surface area contributed by atoms with Crippen LogP contribution in [0.1, 0.15) is 38.2 Å². The highest BCUT2D eigenvalue weighted by atomic mass is 16.5. The third-order valence-corrected chi connectivity index (χ3v) is 7.96. The topological polar surface area (TPSA) is 46.5 Å². The molecule has 3 fully saturated rings. The maximum absolute atomic E-state index is 13.8. The third-order valence-electron chi connectivity index (χ3n) is 7.96. The van der Waals surface area contributed by atoms with Gasteiger partial charge in [-0.3, -0.25) is 4.79 Å². The Morgan fingerprint density at radius 2 is 2.08 bits per heavy atom. The zero-order valence-corrected chi connectivity index (χ0v) is 15.9. The summed E-state index contributed by atoms with van der Waals surface area (Å²) in [7, 11) is 1.73. The average molecular weight is 354 g/mol. The smallest absolute Gasteiger partial charge is 0.143 e. The van der Waals surface area contributed by atoms with Gasteiger partial charge in [-0.05, 0) is 36.7 Å². The number of ketones is 1. The molecule has 3 aliphatic carbocycles. The monoisotopic (exact) mass is 354 g/mol. The van der Waals surface area contributed by atoms with Crippen molar-refractivity contribution in [3.63, 3.8) is 0 Å². The lowest BCUT2D eigenvalue weighted by Gasteiger charge is -2.55. The Morgan fingerprint density at radius 3 is 2.73 bits per heavy atom. The van der Waals surface area contributed by atoms with Gasteiger partial charge in [-0.2, -0.15) is 0 Å². The van der Waals surface area contributed by atoms with Crippen molar-refractivity contribution in [1.82, 2.24) is 0 Å². The minimum Gasteiger partial charge on any atom is -0.396 e. The number of benzene rings is 1. The fourth-order valence-corrected chi connectivity index (χ4v) is 6.95. The molecule has 0 aromatic heterocycles. The summed E-state index contributed by atoms with van der Waals surface area (Å²) < 4.78 is 5.99. The molecule has 140 valence electrons. The molecule has 1 N–H and O–H groups in total. The van der Waals surface area contributed by atoms with Crippen LogP contribution >= 0.6 is 0 Å². The van der Waals surface area contributed by atoms with Crippen LogP contribution < -0.4 is 0 Å². The molecule has 0 unspecified atom stereocenters. The predicted octanol–water partition coefficient (Wildman–Crippen LogP) is 3.80. The van der Waals surface area contributed by atoms with Crippen molar-refractivity contribution in [3.8, 4) is 0 Å². The Kier molecular flexibility index (Phi) is 4.36. The molecule has 3 aliphatic rings. The number of ether oxygens (including phenoxy) is 1.